The normalized spacial score (nSPS) is 12.7. The van der Waals surface area contributed by atoms with Gasteiger partial charge in [0.15, 0.2) is 17.5 Å². The van der Waals surface area contributed by atoms with Crippen molar-refractivity contribution < 1.29 is 0 Å². The average Bonchev–Trinajstić information content (AvgIpc) is 3.05. The first-order valence-corrected chi connectivity index (χ1v) is 13.3. The lowest BCUT2D eigenvalue weighted by Crippen LogP contribution is -2.26. The second-order valence-corrected chi connectivity index (χ2v) is 9.57. The van der Waals surface area contributed by atoms with Gasteiger partial charge in [-0.25, -0.2) is 19.9 Å². The fourth-order valence-electron chi connectivity index (χ4n) is 5.04. The summed E-state index contributed by atoms with van der Waals surface area (Å²) in [6, 6.07) is 41.4. The second-order valence-electron chi connectivity index (χ2n) is 9.57. The van der Waals surface area contributed by atoms with Crippen LogP contribution in [0.2, 0.25) is 0 Å². The number of nitrogens with zero attached hydrogens (tertiary/aromatic N) is 4. The summed E-state index contributed by atoms with van der Waals surface area (Å²) < 4.78 is 0. The summed E-state index contributed by atoms with van der Waals surface area (Å²) in [6.45, 7) is 0.793. The van der Waals surface area contributed by atoms with Gasteiger partial charge in [-0.2, -0.15) is 0 Å². The smallest absolute Gasteiger partial charge is 0.164 e. The van der Waals surface area contributed by atoms with Crippen molar-refractivity contribution in [3.8, 4) is 45.3 Å². The van der Waals surface area contributed by atoms with Crippen LogP contribution in [0.5, 0.6) is 0 Å². The molecule has 0 bridgehead atoms. The summed E-state index contributed by atoms with van der Waals surface area (Å²) in [7, 11) is 0. The van der Waals surface area contributed by atoms with Gasteiger partial charge in [-0.15, -0.1) is 0 Å². The highest BCUT2D eigenvalue weighted by Crippen LogP contribution is 2.35. The Bertz CT molecular complexity index is 1820. The van der Waals surface area contributed by atoms with Crippen molar-refractivity contribution in [1.82, 2.24) is 20.3 Å². The van der Waals surface area contributed by atoms with Gasteiger partial charge in [-0.05, 0) is 34.0 Å². The average molecular weight is 516 g/mol. The fraction of sp³-hybridized carbons (Fsp3) is 0.0286. The van der Waals surface area contributed by atoms with Gasteiger partial charge in [0.05, 0.1) is 0 Å². The lowest BCUT2D eigenvalue weighted by atomic mass is 9.94. The third-order valence-electron chi connectivity index (χ3n) is 7.03. The third kappa shape index (κ3) is 4.54. The monoisotopic (exact) mass is 515 g/mol. The molecular weight excluding hydrogens is 490 g/mol. The molecule has 0 saturated carbocycles. The third-order valence-corrected chi connectivity index (χ3v) is 7.03. The van der Waals surface area contributed by atoms with Crippen LogP contribution in [0.1, 0.15) is 5.56 Å². The van der Waals surface area contributed by atoms with Gasteiger partial charge in [0, 0.05) is 35.0 Å². The van der Waals surface area contributed by atoms with Crippen LogP contribution in [0.4, 0.5) is 0 Å². The number of nitrogens with one attached hydrogen (secondary N) is 1. The summed E-state index contributed by atoms with van der Waals surface area (Å²) in [6.07, 6.45) is 3.85. The zero-order chi connectivity index (χ0) is 26.7. The predicted octanol–water partition coefficient (Wildman–Crippen LogP) is 7.56. The number of aromatic nitrogens is 3. The molecule has 1 aliphatic rings. The van der Waals surface area contributed by atoms with E-state index in [1.54, 1.807) is 0 Å². The molecule has 5 nitrogen and oxygen atoms in total. The molecule has 40 heavy (non-hydrogen) atoms. The molecule has 5 aromatic carbocycles. The van der Waals surface area contributed by atoms with Crippen molar-refractivity contribution in [1.29, 1.82) is 0 Å². The first kappa shape index (κ1) is 23.7. The molecule has 5 heteroatoms. The van der Waals surface area contributed by atoms with Crippen molar-refractivity contribution in [3.63, 3.8) is 0 Å². The van der Waals surface area contributed by atoms with Gasteiger partial charge in [-0.1, -0.05) is 115 Å². The van der Waals surface area contributed by atoms with Gasteiger partial charge in [0.25, 0.3) is 0 Å². The van der Waals surface area contributed by atoms with Gasteiger partial charge in [-0.3, -0.25) is 0 Å². The lowest BCUT2D eigenvalue weighted by molar-refractivity contribution is 1.01. The largest absolute Gasteiger partial charge is 0.366 e. The molecule has 1 aromatic heterocycles. The highest BCUT2D eigenvalue weighted by atomic mass is 15.0. The molecule has 2 heterocycles. The molecule has 0 aliphatic carbocycles. The Hall–Kier alpha value is -5.42. The van der Waals surface area contributed by atoms with Crippen LogP contribution in [0.3, 0.4) is 0 Å². The van der Waals surface area contributed by atoms with E-state index in [4.69, 9.17) is 15.0 Å². The molecule has 0 spiro atoms. The zero-order valence-electron chi connectivity index (χ0n) is 21.7. The summed E-state index contributed by atoms with van der Waals surface area (Å²) >= 11 is 0. The molecule has 0 fully saturated rings. The maximum Gasteiger partial charge on any atom is 0.164 e. The Balaban J connectivity index is 1.36. The minimum Gasteiger partial charge on any atom is -0.366 e. The second kappa shape index (κ2) is 10.4. The molecule has 0 atom stereocenters. The molecule has 0 radical (unpaired) electrons. The molecule has 1 aliphatic heterocycles. The number of rotatable bonds is 5. The lowest BCUT2D eigenvalue weighted by Gasteiger charge is -2.14. The van der Waals surface area contributed by atoms with Gasteiger partial charge in [0.1, 0.15) is 5.84 Å². The molecule has 190 valence electrons. The molecule has 0 amide bonds. The van der Waals surface area contributed by atoms with Crippen LogP contribution in [0.15, 0.2) is 139 Å². The molecule has 6 aromatic rings. The van der Waals surface area contributed by atoms with Crippen LogP contribution < -0.4 is 5.32 Å². The van der Waals surface area contributed by atoms with Crippen LogP contribution in [-0.4, -0.2) is 27.3 Å². The highest BCUT2D eigenvalue weighted by molar-refractivity contribution is 6.05. The van der Waals surface area contributed by atoms with E-state index in [2.05, 4.69) is 71.0 Å². The molecule has 0 unspecified atom stereocenters. The molecular formula is C35H25N5. The van der Waals surface area contributed by atoms with E-state index in [9.17, 15) is 0 Å². The summed E-state index contributed by atoms with van der Waals surface area (Å²) in [4.78, 5) is 19.2. The molecule has 7 rings (SSSR count). The zero-order valence-corrected chi connectivity index (χ0v) is 21.7. The van der Waals surface area contributed by atoms with E-state index < -0.39 is 0 Å². The number of hydrogen-bond acceptors (Lipinski definition) is 5. The SMILES string of the molecule is C1=CN=C(c2ccc(-c3ccc(-c4nc(-c5ccccc5)nc(-c5ccccc5)n4)c4ccccc34)cc2)NC1. The summed E-state index contributed by atoms with van der Waals surface area (Å²) in [5.41, 5.74) is 6.25. The highest BCUT2D eigenvalue weighted by Gasteiger charge is 2.16. The number of fused-ring (bicyclic) bond motifs is 1. The first-order valence-electron chi connectivity index (χ1n) is 13.3. The molecule has 0 saturated heterocycles. The van der Waals surface area contributed by atoms with Gasteiger partial charge < -0.3 is 5.32 Å². The van der Waals surface area contributed by atoms with Crippen LogP contribution in [-0.2, 0) is 0 Å². The van der Waals surface area contributed by atoms with E-state index in [0.717, 1.165) is 56.5 Å². The Morgan fingerprint density at radius 2 is 0.975 bits per heavy atom. The first-order chi connectivity index (χ1) is 19.8. The van der Waals surface area contributed by atoms with Gasteiger partial charge >= 0.3 is 0 Å². The van der Waals surface area contributed by atoms with Crippen molar-refractivity contribution >= 4 is 16.6 Å². The minimum absolute atomic E-state index is 0.653. The van der Waals surface area contributed by atoms with Crippen molar-refractivity contribution in [2.75, 3.05) is 6.54 Å². The standard InChI is InChI=1S/C35H25N5/c1-3-10-25(11-4-1)33-38-34(26-12-5-2-6-13-26)40-35(39-33)31-21-20-28(29-14-7-8-15-30(29)31)24-16-18-27(19-17-24)32-36-22-9-23-37-32/h1-22H,23H2,(H,36,37). The van der Waals surface area contributed by atoms with E-state index in [0.29, 0.717) is 17.5 Å². The predicted molar refractivity (Wildman–Crippen MR) is 163 cm³/mol. The fourth-order valence-corrected chi connectivity index (χ4v) is 5.04. The van der Waals surface area contributed by atoms with E-state index in [1.807, 2.05) is 72.9 Å². The number of benzene rings is 5. The maximum atomic E-state index is 4.97. The topological polar surface area (TPSA) is 63.1 Å². The quantitative estimate of drug-likeness (QED) is 0.257. The maximum absolute atomic E-state index is 4.97. The summed E-state index contributed by atoms with van der Waals surface area (Å²) in [5.74, 6) is 2.86. The van der Waals surface area contributed by atoms with Crippen molar-refractivity contribution in [2.24, 2.45) is 4.99 Å². The van der Waals surface area contributed by atoms with Crippen molar-refractivity contribution in [3.05, 3.63) is 139 Å². The van der Waals surface area contributed by atoms with Crippen LogP contribution in [0, 0.1) is 0 Å². The van der Waals surface area contributed by atoms with E-state index >= 15 is 0 Å². The van der Waals surface area contributed by atoms with Crippen molar-refractivity contribution in [2.45, 2.75) is 0 Å². The Morgan fingerprint density at radius 1 is 0.450 bits per heavy atom. The Kier molecular flexibility index (Phi) is 6.15. The number of amidine groups is 1. The number of hydrogen-bond donors (Lipinski definition) is 1. The Labute approximate surface area is 232 Å². The van der Waals surface area contributed by atoms with E-state index in [1.165, 1.54) is 0 Å². The van der Waals surface area contributed by atoms with E-state index in [-0.39, 0.29) is 0 Å². The Morgan fingerprint density at radius 3 is 1.57 bits per heavy atom. The summed E-state index contributed by atoms with van der Waals surface area (Å²) in [5, 5.41) is 5.57. The van der Waals surface area contributed by atoms with Crippen LogP contribution in [0.25, 0.3) is 56.1 Å². The van der Waals surface area contributed by atoms with Gasteiger partial charge in [0.2, 0.25) is 0 Å². The van der Waals surface area contributed by atoms with Crippen LogP contribution >= 0.6 is 0 Å². The minimum atomic E-state index is 0.653. The molecule has 1 N–H and O–H groups in total. The number of aliphatic imine (C=N–C) groups is 1.